The SMILES string of the molecule is [CH2]COCCCCCCCCCCC. The summed E-state index contributed by atoms with van der Waals surface area (Å²) in [5, 5.41) is 0. The zero-order chi connectivity index (χ0) is 10.5. The highest BCUT2D eigenvalue weighted by Gasteiger charge is 1.91. The smallest absolute Gasteiger partial charge is 0.0466 e. The van der Waals surface area contributed by atoms with E-state index in [9.17, 15) is 0 Å². The molecule has 0 fully saturated rings. The summed E-state index contributed by atoms with van der Waals surface area (Å²) in [6, 6.07) is 0. The summed E-state index contributed by atoms with van der Waals surface area (Å²) in [6.07, 6.45) is 12.4. The van der Waals surface area contributed by atoms with E-state index in [1.54, 1.807) is 0 Å². The Kier molecular flexibility index (Phi) is 12.9. The fraction of sp³-hybridized carbons (Fsp3) is 0.923. The van der Waals surface area contributed by atoms with Crippen LogP contribution in [0.5, 0.6) is 0 Å². The van der Waals surface area contributed by atoms with Gasteiger partial charge in [-0.1, -0.05) is 58.3 Å². The van der Waals surface area contributed by atoms with Crippen LogP contribution in [0.4, 0.5) is 0 Å². The van der Waals surface area contributed by atoms with E-state index < -0.39 is 0 Å². The first-order valence-electron chi connectivity index (χ1n) is 6.28. The summed E-state index contributed by atoms with van der Waals surface area (Å²) in [7, 11) is 0. The van der Waals surface area contributed by atoms with Gasteiger partial charge in [0, 0.05) is 13.2 Å². The lowest BCUT2D eigenvalue weighted by molar-refractivity contribution is 0.156. The fourth-order valence-corrected chi connectivity index (χ4v) is 1.62. The largest absolute Gasteiger partial charge is 0.381 e. The van der Waals surface area contributed by atoms with E-state index in [0.29, 0.717) is 6.61 Å². The molecule has 1 nitrogen and oxygen atoms in total. The van der Waals surface area contributed by atoms with Crippen molar-refractivity contribution in [3.8, 4) is 0 Å². The molecule has 0 saturated carbocycles. The summed E-state index contributed by atoms with van der Waals surface area (Å²) >= 11 is 0. The van der Waals surface area contributed by atoms with Crippen molar-refractivity contribution in [1.82, 2.24) is 0 Å². The lowest BCUT2D eigenvalue weighted by Crippen LogP contribution is -1.93. The van der Waals surface area contributed by atoms with Gasteiger partial charge in [-0.15, -0.1) is 0 Å². The Morgan fingerprint density at radius 3 is 1.79 bits per heavy atom. The molecule has 0 spiro atoms. The molecule has 0 aliphatic heterocycles. The number of rotatable bonds is 11. The number of hydrogen-bond acceptors (Lipinski definition) is 1. The van der Waals surface area contributed by atoms with Crippen LogP contribution in [0.3, 0.4) is 0 Å². The first-order valence-corrected chi connectivity index (χ1v) is 6.28. The van der Waals surface area contributed by atoms with Gasteiger partial charge in [0.15, 0.2) is 0 Å². The second-order valence-corrected chi connectivity index (χ2v) is 3.94. The minimum Gasteiger partial charge on any atom is -0.381 e. The Bertz CT molecular complexity index is 79.2. The Balaban J connectivity index is 2.78. The summed E-state index contributed by atoms with van der Waals surface area (Å²) in [4.78, 5) is 0. The van der Waals surface area contributed by atoms with Gasteiger partial charge in [0.1, 0.15) is 0 Å². The van der Waals surface area contributed by atoms with E-state index in [0.717, 1.165) is 6.61 Å². The van der Waals surface area contributed by atoms with Gasteiger partial charge in [0.2, 0.25) is 0 Å². The topological polar surface area (TPSA) is 9.23 Å². The molecule has 0 aromatic carbocycles. The third-order valence-electron chi connectivity index (χ3n) is 2.54. The van der Waals surface area contributed by atoms with E-state index in [1.807, 2.05) is 0 Å². The van der Waals surface area contributed by atoms with Gasteiger partial charge in [-0.25, -0.2) is 0 Å². The van der Waals surface area contributed by atoms with Crippen molar-refractivity contribution in [2.75, 3.05) is 13.2 Å². The van der Waals surface area contributed by atoms with Gasteiger partial charge in [0.05, 0.1) is 0 Å². The van der Waals surface area contributed by atoms with Crippen LogP contribution in [0.25, 0.3) is 0 Å². The minimum atomic E-state index is 0.622. The maximum Gasteiger partial charge on any atom is 0.0466 e. The number of unbranched alkanes of at least 4 members (excludes halogenated alkanes) is 8. The van der Waals surface area contributed by atoms with Crippen LogP contribution >= 0.6 is 0 Å². The third kappa shape index (κ3) is 12.0. The van der Waals surface area contributed by atoms with Crippen LogP contribution in [0.15, 0.2) is 0 Å². The van der Waals surface area contributed by atoms with Crippen LogP contribution in [-0.4, -0.2) is 13.2 Å². The van der Waals surface area contributed by atoms with Crippen LogP contribution in [-0.2, 0) is 4.74 Å². The van der Waals surface area contributed by atoms with Crippen molar-refractivity contribution in [3.05, 3.63) is 6.92 Å². The first kappa shape index (κ1) is 14.0. The molecule has 0 aliphatic rings. The molecule has 1 radical (unpaired) electrons. The molecular weight excluding hydrogens is 172 g/mol. The van der Waals surface area contributed by atoms with Gasteiger partial charge in [0.25, 0.3) is 0 Å². The summed E-state index contributed by atoms with van der Waals surface area (Å²) in [5.41, 5.74) is 0. The first-order chi connectivity index (χ1) is 6.91. The Morgan fingerprint density at radius 2 is 1.29 bits per heavy atom. The molecule has 0 aromatic rings. The van der Waals surface area contributed by atoms with Crippen molar-refractivity contribution in [3.63, 3.8) is 0 Å². The van der Waals surface area contributed by atoms with Crippen molar-refractivity contribution >= 4 is 0 Å². The molecule has 14 heavy (non-hydrogen) atoms. The summed E-state index contributed by atoms with van der Waals surface area (Å²) in [6.45, 7) is 7.43. The number of hydrogen-bond donors (Lipinski definition) is 0. The lowest BCUT2D eigenvalue weighted by Gasteiger charge is -2.02. The maximum absolute atomic E-state index is 5.18. The third-order valence-corrected chi connectivity index (χ3v) is 2.54. The normalized spacial score (nSPS) is 10.7. The van der Waals surface area contributed by atoms with Gasteiger partial charge in [-0.2, -0.15) is 0 Å². The molecule has 0 atom stereocenters. The van der Waals surface area contributed by atoms with E-state index in [2.05, 4.69) is 13.8 Å². The molecular formula is C13H27O. The fourth-order valence-electron chi connectivity index (χ4n) is 1.62. The van der Waals surface area contributed by atoms with Gasteiger partial charge in [-0.3, -0.25) is 0 Å². The zero-order valence-corrected chi connectivity index (χ0v) is 9.89. The van der Waals surface area contributed by atoms with Gasteiger partial charge < -0.3 is 4.74 Å². The van der Waals surface area contributed by atoms with Crippen LogP contribution in [0.2, 0.25) is 0 Å². The number of ether oxygens (including phenoxy) is 1. The molecule has 0 rings (SSSR count). The van der Waals surface area contributed by atoms with Crippen LogP contribution in [0.1, 0.15) is 64.7 Å². The highest BCUT2D eigenvalue weighted by Crippen LogP contribution is 2.09. The minimum absolute atomic E-state index is 0.622. The Morgan fingerprint density at radius 1 is 0.786 bits per heavy atom. The molecule has 1 heteroatoms. The quantitative estimate of drug-likeness (QED) is 0.449. The summed E-state index contributed by atoms with van der Waals surface area (Å²) in [5.74, 6) is 0. The Hall–Kier alpha value is -0.0400. The Labute approximate surface area is 90.2 Å². The molecule has 0 N–H and O–H groups in total. The van der Waals surface area contributed by atoms with Crippen molar-refractivity contribution in [2.24, 2.45) is 0 Å². The predicted molar refractivity (Wildman–Crippen MR) is 63.4 cm³/mol. The molecule has 0 aromatic heterocycles. The van der Waals surface area contributed by atoms with E-state index in [1.165, 1.54) is 57.8 Å². The van der Waals surface area contributed by atoms with Crippen molar-refractivity contribution in [1.29, 1.82) is 0 Å². The summed E-state index contributed by atoms with van der Waals surface area (Å²) < 4.78 is 5.18. The van der Waals surface area contributed by atoms with Crippen LogP contribution < -0.4 is 0 Å². The second-order valence-electron chi connectivity index (χ2n) is 3.94. The molecule has 0 amide bonds. The molecule has 0 aliphatic carbocycles. The van der Waals surface area contributed by atoms with Crippen molar-refractivity contribution < 1.29 is 4.74 Å². The standard InChI is InChI=1S/C13H27O/c1-3-5-6-7-8-9-10-11-12-13-14-4-2/h2-13H2,1H3. The molecule has 0 unspecified atom stereocenters. The van der Waals surface area contributed by atoms with Crippen LogP contribution in [0, 0.1) is 6.92 Å². The monoisotopic (exact) mass is 199 g/mol. The van der Waals surface area contributed by atoms with E-state index in [-0.39, 0.29) is 0 Å². The maximum atomic E-state index is 5.18. The lowest BCUT2D eigenvalue weighted by atomic mass is 10.1. The zero-order valence-electron chi connectivity index (χ0n) is 9.89. The predicted octanol–water partition coefficient (Wildman–Crippen LogP) is 4.37. The van der Waals surface area contributed by atoms with E-state index in [4.69, 9.17) is 4.74 Å². The van der Waals surface area contributed by atoms with Crippen molar-refractivity contribution in [2.45, 2.75) is 64.7 Å². The average Bonchev–Trinajstić information content (AvgIpc) is 2.21. The average molecular weight is 199 g/mol. The van der Waals surface area contributed by atoms with E-state index >= 15 is 0 Å². The highest BCUT2D eigenvalue weighted by atomic mass is 16.5. The molecule has 85 valence electrons. The second kappa shape index (κ2) is 13.0. The molecule has 0 heterocycles. The van der Waals surface area contributed by atoms with Gasteiger partial charge in [-0.05, 0) is 13.3 Å². The molecule has 0 saturated heterocycles. The molecule has 0 bridgehead atoms. The van der Waals surface area contributed by atoms with Gasteiger partial charge >= 0.3 is 0 Å². The highest BCUT2D eigenvalue weighted by molar-refractivity contribution is 4.46.